The zero-order chi connectivity index (χ0) is 19.7. The van der Waals surface area contributed by atoms with Crippen molar-refractivity contribution in [3.05, 3.63) is 76.4 Å². The number of nitro groups is 1. The van der Waals surface area contributed by atoms with Crippen molar-refractivity contribution >= 4 is 27.2 Å². The Morgan fingerprint density at radius 3 is 2.68 bits per heavy atom. The van der Waals surface area contributed by atoms with Gasteiger partial charge in [0, 0.05) is 24.5 Å². The molecule has 3 heterocycles. The number of aliphatic hydroxyl groups excluding tert-OH is 1. The van der Waals surface area contributed by atoms with Crippen LogP contribution >= 0.6 is 11.3 Å². The molecule has 0 bridgehead atoms. The molecule has 140 valence electrons. The van der Waals surface area contributed by atoms with Gasteiger partial charge >= 0.3 is 0 Å². The van der Waals surface area contributed by atoms with Crippen LogP contribution in [0.1, 0.15) is 5.56 Å². The summed E-state index contributed by atoms with van der Waals surface area (Å²) in [7, 11) is 0. The zero-order valence-corrected chi connectivity index (χ0v) is 15.0. The summed E-state index contributed by atoms with van der Waals surface area (Å²) in [5.74, 6) is -0.545. The van der Waals surface area contributed by atoms with Gasteiger partial charge in [-0.25, -0.2) is 4.39 Å². The number of fused-ring (bicyclic) bond motifs is 1. The molecule has 0 saturated heterocycles. The summed E-state index contributed by atoms with van der Waals surface area (Å²) >= 11 is 1.38. The summed E-state index contributed by atoms with van der Waals surface area (Å²) in [5.41, 5.74) is 1.74. The van der Waals surface area contributed by atoms with E-state index >= 15 is 0 Å². The molecule has 0 aliphatic heterocycles. The smallest absolute Gasteiger partial charge is 0.272 e. The predicted molar refractivity (Wildman–Crippen MR) is 102 cm³/mol. The van der Waals surface area contributed by atoms with Gasteiger partial charge < -0.3 is 9.84 Å². The number of halogens is 1. The number of nitrogens with zero attached hydrogens (tertiary/aromatic N) is 3. The maximum atomic E-state index is 14.2. The van der Waals surface area contributed by atoms with Crippen molar-refractivity contribution in [2.75, 3.05) is 0 Å². The molecular formula is C19H12FN3O4S. The van der Waals surface area contributed by atoms with Gasteiger partial charge in [0.25, 0.3) is 5.69 Å². The van der Waals surface area contributed by atoms with Crippen LogP contribution in [0.25, 0.3) is 20.8 Å². The Morgan fingerprint density at radius 2 is 2.00 bits per heavy atom. The monoisotopic (exact) mass is 397 g/mol. The van der Waals surface area contributed by atoms with Gasteiger partial charge in [-0.05, 0) is 23.8 Å². The molecule has 0 unspecified atom stereocenters. The van der Waals surface area contributed by atoms with Crippen LogP contribution in [0.5, 0.6) is 11.5 Å². The minimum Gasteiger partial charge on any atom is -0.453 e. The maximum Gasteiger partial charge on any atom is 0.272 e. The normalized spacial score (nSPS) is 10.9. The Kier molecular flexibility index (Phi) is 4.68. The number of hydrogen-bond acceptors (Lipinski definition) is 7. The molecule has 4 aromatic rings. The molecular weight excluding hydrogens is 385 g/mol. The van der Waals surface area contributed by atoms with Crippen LogP contribution in [0.15, 0.2) is 54.9 Å². The summed E-state index contributed by atoms with van der Waals surface area (Å²) in [5, 5.41) is 19.9. The Labute approximate surface area is 161 Å². The third kappa shape index (κ3) is 3.40. The molecule has 1 N–H and O–H groups in total. The lowest BCUT2D eigenvalue weighted by Crippen LogP contribution is -1.92. The van der Waals surface area contributed by atoms with Crippen LogP contribution in [0.4, 0.5) is 10.1 Å². The van der Waals surface area contributed by atoms with Gasteiger partial charge in [0.2, 0.25) is 0 Å². The lowest BCUT2D eigenvalue weighted by Gasteiger charge is -2.07. The summed E-state index contributed by atoms with van der Waals surface area (Å²) in [6.45, 7) is -0.0833. The number of nitro benzene ring substituents is 1. The van der Waals surface area contributed by atoms with Gasteiger partial charge in [-0.3, -0.25) is 20.1 Å². The molecule has 4 rings (SSSR count). The molecule has 0 fully saturated rings. The molecule has 3 aromatic heterocycles. The Morgan fingerprint density at radius 1 is 1.14 bits per heavy atom. The molecule has 7 nitrogen and oxygen atoms in total. The lowest BCUT2D eigenvalue weighted by molar-refractivity contribution is -0.385. The minimum absolute atomic E-state index is 0.0833. The predicted octanol–water partition coefficient (Wildman–Crippen LogP) is 4.69. The second kappa shape index (κ2) is 7.29. The van der Waals surface area contributed by atoms with E-state index in [4.69, 9.17) is 9.84 Å². The number of pyridine rings is 2. The van der Waals surface area contributed by atoms with E-state index in [1.54, 1.807) is 30.6 Å². The first-order valence-electron chi connectivity index (χ1n) is 8.11. The van der Waals surface area contributed by atoms with E-state index in [0.29, 0.717) is 27.2 Å². The molecule has 9 heteroatoms. The third-order valence-electron chi connectivity index (χ3n) is 3.98. The standard InChI is InChI=1S/C19H12FN3O4S/c20-13-7-12(23(25)26)2-4-16(13)27-17-5-6-21-15-8-18(28-19(15)17)14-3-1-11(10-24)9-22-14/h1-9,24H,10H2. The van der Waals surface area contributed by atoms with E-state index in [1.165, 1.54) is 23.5 Å². The highest BCUT2D eigenvalue weighted by Gasteiger charge is 2.15. The Bertz CT molecular complexity index is 1180. The van der Waals surface area contributed by atoms with Crippen LogP contribution < -0.4 is 4.74 Å². The molecule has 0 spiro atoms. The molecule has 0 atom stereocenters. The highest BCUT2D eigenvalue weighted by atomic mass is 32.1. The van der Waals surface area contributed by atoms with Crippen molar-refractivity contribution in [1.82, 2.24) is 9.97 Å². The van der Waals surface area contributed by atoms with E-state index in [9.17, 15) is 14.5 Å². The van der Waals surface area contributed by atoms with Gasteiger partial charge in [0.15, 0.2) is 11.6 Å². The van der Waals surface area contributed by atoms with Crippen LogP contribution in [0, 0.1) is 15.9 Å². The van der Waals surface area contributed by atoms with Gasteiger partial charge in [-0.15, -0.1) is 11.3 Å². The number of aliphatic hydroxyl groups is 1. The molecule has 0 aliphatic rings. The van der Waals surface area contributed by atoms with E-state index in [2.05, 4.69) is 9.97 Å². The fourth-order valence-corrected chi connectivity index (χ4v) is 3.63. The number of benzene rings is 1. The van der Waals surface area contributed by atoms with Crippen LogP contribution in [0.3, 0.4) is 0 Å². The first kappa shape index (κ1) is 18.0. The summed E-state index contributed by atoms with van der Waals surface area (Å²) < 4.78 is 20.5. The van der Waals surface area contributed by atoms with Crippen molar-refractivity contribution in [3.63, 3.8) is 0 Å². The number of rotatable bonds is 5. The van der Waals surface area contributed by atoms with Crippen LogP contribution in [0.2, 0.25) is 0 Å². The van der Waals surface area contributed by atoms with Crippen molar-refractivity contribution in [2.45, 2.75) is 6.61 Å². The topological polar surface area (TPSA) is 98.4 Å². The fourth-order valence-electron chi connectivity index (χ4n) is 2.59. The van der Waals surface area contributed by atoms with Crippen molar-refractivity contribution in [2.24, 2.45) is 0 Å². The molecule has 0 amide bonds. The third-order valence-corrected chi connectivity index (χ3v) is 5.14. The summed E-state index contributed by atoms with van der Waals surface area (Å²) in [4.78, 5) is 19.5. The number of non-ortho nitro benzene ring substituents is 1. The highest BCUT2D eigenvalue weighted by molar-refractivity contribution is 7.22. The molecule has 1 aromatic carbocycles. The minimum atomic E-state index is -0.822. The van der Waals surface area contributed by atoms with Crippen LogP contribution in [-0.4, -0.2) is 20.0 Å². The van der Waals surface area contributed by atoms with Crippen molar-refractivity contribution in [3.8, 4) is 22.1 Å². The molecule has 28 heavy (non-hydrogen) atoms. The lowest BCUT2D eigenvalue weighted by atomic mass is 10.2. The largest absolute Gasteiger partial charge is 0.453 e. The summed E-state index contributed by atoms with van der Waals surface area (Å²) in [6, 6.07) is 10.3. The Balaban J connectivity index is 1.70. The Hall–Kier alpha value is -3.43. The number of ether oxygens (including phenoxy) is 1. The van der Waals surface area contributed by atoms with Crippen molar-refractivity contribution in [1.29, 1.82) is 0 Å². The van der Waals surface area contributed by atoms with Gasteiger partial charge in [0.1, 0.15) is 5.75 Å². The fraction of sp³-hybridized carbons (Fsp3) is 0.0526. The van der Waals surface area contributed by atoms with Crippen molar-refractivity contribution < 1.29 is 19.2 Å². The van der Waals surface area contributed by atoms with Gasteiger partial charge in [-0.1, -0.05) is 6.07 Å². The second-order valence-corrected chi connectivity index (χ2v) is 6.87. The molecule has 0 aliphatic carbocycles. The first-order valence-corrected chi connectivity index (χ1v) is 8.93. The van der Waals surface area contributed by atoms with E-state index in [1.807, 2.05) is 6.07 Å². The van der Waals surface area contributed by atoms with Crippen LogP contribution in [-0.2, 0) is 6.61 Å². The average Bonchev–Trinajstić information content (AvgIpc) is 3.14. The highest BCUT2D eigenvalue weighted by Crippen LogP contribution is 2.39. The quantitative estimate of drug-likeness (QED) is 0.387. The number of thiophene rings is 1. The average molecular weight is 397 g/mol. The maximum absolute atomic E-state index is 14.2. The summed E-state index contributed by atoms with van der Waals surface area (Å²) in [6.07, 6.45) is 3.14. The number of hydrogen-bond donors (Lipinski definition) is 1. The second-order valence-electron chi connectivity index (χ2n) is 5.82. The first-order chi connectivity index (χ1) is 13.5. The molecule has 0 radical (unpaired) electrons. The van der Waals surface area contributed by atoms with Gasteiger partial charge in [-0.2, -0.15) is 0 Å². The number of aromatic nitrogens is 2. The zero-order valence-electron chi connectivity index (χ0n) is 14.2. The van der Waals surface area contributed by atoms with E-state index in [0.717, 1.165) is 10.9 Å². The van der Waals surface area contributed by atoms with Gasteiger partial charge in [0.05, 0.1) is 38.4 Å². The van der Waals surface area contributed by atoms with E-state index < -0.39 is 10.7 Å². The molecule has 0 saturated carbocycles. The SMILES string of the molecule is O=[N+]([O-])c1ccc(Oc2ccnc3cc(-c4ccc(CO)cn4)sc23)c(F)c1. The van der Waals surface area contributed by atoms with E-state index in [-0.39, 0.29) is 18.0 Å².